The van der Waals surface area contributed by atoms with Crippen LogP contribution in [0.1, 0.15) is 25.7 Å². The lowest BCUT2D eigenvalue weighted by atomic mass is 9.98. The second kappa shape index (κ2) is 4.18. The van der Waals surface area contributed by atoms with Crippen molar-refractivity contribution in [2.45, 2.75) is 31.7 Å². The molecule has 1 saturated heterocycles. The van der Waals surface area contributed by atoms with Crippen LogP contribution in [-0.2, 0) is 4.79 Å². The highest BCUT2D eigenvalue weighted by Gasteiger charge is 2.19. The molecule has 0 unspecified atom stereocenters. The Balaban J connectivity index is 1.79. The van der Waals surface area contributed by atoms with Gasteiger partial charge in [0.25, 0.3) is 0 Å². The third-order valence-corrected chi connectivity index (χ3v) is 3.70. The number of allylic oxidation sites excluding steroid dienone is 1. The standard InChI is InChI=1S/C10H15NOS/c12-10(8-2-1-3-8)11-9-4-6-13-7-5-9/h2,9H,1,3-7H2,(H,11,12). The zero-order chi connectivity index (χ0) is 9.10. The Morgan fingerprint density at radius 2 is 2.15 bits per heavy atom. The molecule has 0 saturated carbocycles. The molecule has 1 amide bonds. The average molecular weight is 197 g/mol. The summed E-state index contributed by atoms with van der Waals surface area (Å²) in [4.78, 5) is 11.5. The number of rotatable bonds is 2. The predicted octanol–water partition coefficient (Wildman–Crippen LogP) is 1.72. The van der Waals surface area contributed by atoms with E-state index in [0.717, 1.165) is 31.3 Å². The van der Waals surface area contributed by atoms with E-state index in [1.807, 2.05) is 17.8 Å². The minimum absolute atomic E-state index is 0.183. The zero-order valence-electron chi connectivity index (χ0n) is 7.71. The van der Waals surface area contributed by atoms with Crippen LogP contribution in [0.25, 0.3) is 0 Å². The van der Waals surface area contributed by atoms with Gasteiger partial charge in [-0.25, -0.2) is 0 Å². The second-order valence-corrected chi connectivity index (χ2v) is 4.85. The Labute approximate surface area is 83.2 Å². The van der Waals surface area contributed by atoms with Crippen LogP contribution in [0.3, 0.4) is 0 Å². The van der Waals surface area contributed by atoms with Crippen LogP contribution in [0.5, 0.6) is 0 Å². The average Bonchev–Trinajstić information content (AvgIpc) is 2.02. The molecule has 1 aliphatic carbocycles. The van der Waals surface area contributed by atoms with Crippen molar-refractivity contribution in [3.63, 3.8) is 0 Å². The first kappa shape index (κ1) is 9.13. The fourth-order valence-corrected chi connectivity index (χ4v) is 2.72. The maximum Gasteiger partial charge on any atom is 0.247 e. The Hall–Kier alpha value is -0.440. The molecule has 1 heterocycles. The Kier molecular flexibility index (Phi) is 2.94. The van der Waals surface area contributed by atoms with E-state index in [-0.39, 0.29) is 5.91 Å². The first-order valence-electron chi connectivity index (χ1n) is 4.94. The van der Waals surface area contributed by atoms with E-state index in [9.17, 15) is 4.79 Å². The quantitative estimate of drug-likeness (QED) is 0.730. The van der Waals surface area contributed by atoms with Gasteiger partial charge in [-0.3, -0.25) is 4.79 Å². The third kappa shape index (κ3) is 2.27. The maximum absolute atomic E-state index is 11.5. The third-order valence-electron chi connectivity index (χ3n) is 2.65. The molecule has 2 aliphatic rings. The molecule has 1 aliphatic heterocycles. The van der Waals surface area contributed by atoms with Crippen LogP contribution in [0.15, 0.2) is 11.6 Å². The van der Waals surface area contributed by atoms with Gasteiger partial charge in [0.2, 0.25) is 5.91 Å². The van der Waals surface area contributed by atoms with E-state index in [0.29, 0.717) is 6.04 Å². The second-order valence-electron chi connectivity index (χ2n) is 3.63. The van der Waals surface area contributed by atoms with E-state index < -0.39 is 0 Å². The van der Waals surface area contributed by atoms with Crippen molar-refractivity contribution >= 4 is 17.7 Å². The van der Waals surface area contributed by atoms with Crippen molar-refractivity contribution in [3.8, 4) is 0 Å². The predicted molar refractivity (Wildman–Crippen MR) is 55.8 cm³/mol. The maximum atomic E-state index is 11.5. The van der Waals surface area contributed by atoms with Gasteiger partial charge in [0.05, 0.1) is 0 Å². The van der Waals surface area contributed by atoms with Gasteiger partial charge in [0, 0.05) is 11.6 Å². The fourth-order valence-electron chi connectivity index (χ4n) is 1.61. The summed E-state index contributed by atoms with van der Waals surface area (Å²) in [5, 5.41) is 3.10. The zero-order valence-corrected chi connectivity index (χ0v) is 8.53. The van der Waals surface area contributed by atoms with Gasteiger partial charge < -0.3 is 5.32 Å². The topological polar surface area (TPSA) is 29.1 Å². The Morgan fingerprint density at radius 3 is 2.69 bits per heavy atom. The molecule has 0 radical (unpaired) electrons. The Morgan fingerprint density at radius 1 is 1.46 bits per heavy atom. The number of carbonyl (C=O) groups is 1. The van der Waals surface area contributed by atoms with Crippen molar-refractivity contribution in [2.24, 2.45) is 0 Å². The van der Waals surface area contributed by atoms with Crippen molar-refractivity contribution in [3.05, 3.63) is 11.6 Å². The number of amides is 1. The molecule has 0 aromatic heterocycles. The lowest BCUT2D eigenvalue weighted by molar-refractivity contribution is -0.118. The summed E-state index contributed by atoms with van der Waals surface area (Å²) < 4.78 is 0. The highest BCUT2D eigenvalue weighted by atomic mass is 32.2. The van der Waals surface area contributed by atoms with Gasteiger partial charge in [-0.1, -0.05) is 6.08 Å². The van der Waals surface area contributed by atoms with E-state index in [1.165, 1.54) is 11.5 Å². The lowest BCUT2D eigenvalue weighted by Crippen LogP contribution is -2.38. The largest absolute Gasteiger partial charge is 0.350 e. The minimum atomic E-state index is 0.183. The first-order chi connectivity index (χ1) is 6.36. The molecule has 2 nitrogen and oxygen atoms in total. The lowest BCUT2D eigenvalue weighted by Gasteiger charge is -2.24. The summed E-state index contributed by atoms with van der Waals surface area (Å²) in [6.45, 7) is 0. The smallest absolute Gasteiger partial charge is 0.247 e. The number of hydrogen-bond donors (Lipinski definition) is 1. The SMILES string of the molecule is O=C(NC1CCSCC1)C1=CCC1. The van der Waals surface area contributed by atoms with Crippen LogP contribution < -0.4 is 5.32 Å². The monoisotopic (exact) mass is 197 g/mol. The van der Waals surface area contributed by atoms with Crippen LogP contribution in [0.2, 0.25) is 0 Å². The summed E-state index contributed by atoms with van der Waals surface area (Å²) in [7, 11) is 0. The number of carbonyl (C=O) groups excluding carboxylic acids is 1. The highest BCUT2D eigenvalue weighted by Crippen LogP contribution is 2.20. The normalized spacial score (nSPS) is 23.2. The molecule has 13 heavy (non-hydrogen) atoms. The summed E-state index contributed by atoms with van der Waals surface area (Å²) in [5.41, 5.74) is 0.998. The van der Waals surface area contributed by atoms with Crippen molar-refractivity contribution in [1.29, 1.82) is 0 Å². The molecule has 1 fully saturated rings. The summed E-state index contributed by atoms with van der Waals surface area (Å²) in [6, 6.07) is 0.440. The van der Waals surface area contributed by atoms with Gasteiger partial charge in [-0.05, 0) is 37.2 Å². The van der Waals surface area contributed by atoms with E-state index in [1.54, 1.807) is 0 Å². The molecule has 1 N–H and O–H groups in total. The van der Waals surface area contributed by atoms with Crippen LogP contribution in [0.4, 0.5) is 0 Å². The first-order valence-corrected chi connectivity index (χ1v) is 6.09. The molecule has 2 rings (SSSR count). The molecule has 3 heteroatoms. The molecule has 72 valence electrons. The minimum Gasteiger partial charge on any atom is -0.350 e. The fraction of sp³-hybridized carbons (Fsp3) is 0.700. The van der Waals surface area contributed by atoms with Gasteiger partial charge in [0.1, 0.15) is 0 Å². The molecule has 0 aromatic carbocycles. The van der Waals surface area contributed by atoms with Crippen molar-refractivity contribution in [2.75, 3.05) is 11.5 Å². The summed E-state index contributed by atoms with van der Waals surface area (Å²) >= 11 is 1.99. The van der Waals surface area contributed by atoms with E-state index in [2.05, 4.69) is 5.32 Å². The van der Waals surface area contributed by atoms with Crippen molar-refractivity contribution in [1.82, 2.24) is 5.32 Å². The molecule has 0 bridgehead atoms. The molecule has 0 spiro atoms. The van der Waals surface area contributed by atoms with Crippen molar-refractivity contribution < 1.29 is 4.79 Å². The number of thioether (sulfide) groups is 1. The molecule has 0 atom stereocenters. The van der Waals surface area contributed by atoms with Gasteiger partial charge >= 0.3 is 0 Å². The van der Waals surface area contributed by atoms with Crippen LogP contribution >= 0.6 is 11.8 Å². The summed E-state index contributed by atoms with van der Waals surface area (Å²) in [5.74, 6) is 2.58. The van der Waals surface area contributed by atoms with Crippen LogP contribution in [-0.4, -0.2) is 23.5 Å². The number of nitrogens with one attached hydrogen (secondary N) is 1. The Bertz CT molecular complexity index is 231. The molecule has 0 aromatic rings. The van der Waals surface area contributed by atoms with Gasteiger partial charge in [-0.2, -0.15) is 11.8 Å². The van der Waals surface area contributed by atoms with Gasteiger partial charge in [-0.15, -0.1) is 0 Å². The molecular weight excluding hydrogens is 182 g/mol. The van der Waals surface area contributed by atoms with E-state index >= 15 is 0 Å². The number of hydrogen-bond acceptors (Lipinski definition) is 2. The summed E-state index contributed by atoms with van der Waals surface area (Å²) in [6.07, 6.45) is 6.39. The van der Waals surface area contributed by atoms with E-state index in [4.69, 9.17) is 0 Å². The molecular formula is C10H15NOS. The highest BCUT2D eigenvalue weighted by molar-refractivity contribution is 7.99. The van der Waals surface area contributed by atoms with Crippen LogP contribution in [0, 0.1) is 0 Å². The van der Waals surface area contributed by atoms with Gasteiger partial charge in [0.15, 0.2) is 0 Å².